The molecule has 0 aliphatic heterocycles. The third kappa shape index (κ3) is 3.07. The van der Waals surface area contributed by atoms with Crippen molar-refractivity contribution in [3.63, 3.8) is 0 Å². The zero-order valence-corrected chi connectivity index (χ0v) is 10.1. The molecule has 1 rings (SSSR count). The van der Waals surface area contributed by atoms with Crippen LogP contribution < -0.4 is 5.73 Å². The third-order valence-electron chi connectivity index (χ3n) is 2.86. The predicted molar refractivity (Wildman–Crippen MR) is 64.6 cm³/mol. The van der Waals surface area contributed by atoms with E-state index in [4.69, 9.17) is 10.8 Å². The smallest absolute Gasteiger partial charge is 0.320 e. The van der Waals surface area contributed by atoms with Gasteiger partial charge in [0.25, 0.3) is 0 Å². The molecule has 1 aromatic carbocycles. The Hall–Kier alpha value is -1.35. The van der Waals surface area contributed by atoms with Crippen molar-refractivity contribution < 1.29 is 9.90 Å². The normalized spacial score (nSPS) is 12.5. The van der Waals surface area contributed by atoms with Crippen molar-refractivity contribution in [1.82, 2.24) is 0 Å². The Morgan fingerprint density at radius 2 is 1.81 bits per heavy atom. The first kappa shape index (κ1) is 12.7. The van der Waals surface area contributed by atoms with Crippen LogP contribution in [0.2, 0.25) is 0 Å². The zero-order chi connectivity index (χ0) is 12.3. The first-order chi connectivity index (χ1) is 7.41. The maximum absolute atomic E-state index is 10.6. The molecule has 3 nitrogen and oxygen atoms in total. The van der Waals surface area contributed by atoms with Gasteiger partial charge in [-0.3, -0.25) is 4.79 Å². The number of hydrogen-bond donors (Lipinski definition) is 2. The van der Waals surface area contributed by atoms with Crippen molar-refractivity contribution in [3.8, 4) is 0 Å². The summed E-state index contributed by atoms with van der Waals surface area (Å²) in [4.78, 5) is 10.6. The van der Waals surface area contributed by atoms with E-state index in [1.54, 1.807) is 0 Å². The largest absolute Gasteiger partial charge is 0.480 e. The molecule has 0 aromatic heterocycles. The molecule has 0 aliphatic rings. The van der Waals surface area contributed by atoms with Gasteiger partial charge in [0.1, 0.15) is 6.04 Å². The molecule has 1 aromatic rings. The number of aryl methyl sites for hydroxylation is 3. The fraction of sp³-hybridized carbons (Fsp3) is 0.462. The highest BCUT2D eigenvalue weighted by Crippen LogP contribution is 2.18. The Morgan fingerprint density at radius 3 is 2.25 bits per heavy atom. The molecule has 3 N–H and O–H groups in total. The summed E-state index contributed by atoms with van der Waals surface area (Å²) < 4.78 is 0. The predicted octanol–water partition coefficient (Wildman–Crippen LogP) is 1.96. The summed E-state index contributed by atoms with van der Waals surface area (Å²) in [7, 11) is 0. The molecular weight excluding hydrogens is 202 g/mol. The van der Waals surface area contributed by atoms with Crippen molar-refractivity contribution in [2.75, 3.05) is 0 Å². The van der Waals surface area contributed by atoms with Crippen LogP contribution in [0.3, 0.4) is 0 Å². The quantitative estimate of drug-likeness (QED) is 0.817. The molecule has 0 bridgehead atoms. The van der Waals surface area contributed by atoms with Gasteiger partial charge < -0.3 is 10.8 Å². The minimum Gasteiger partial charge on any atom is -0.480 e. The Balaban J connectivity index is 2.78. The molecule has 0 heterocycles. The number of carboxylic acids is 1. The van der Waals surface area contributed by atoms with Gasteiger partial charge in [0.15, 0.2) is 0 Å². The Kier molecular flexibility index (Phi) is 4.07. The number of aliphatic carboxylic acids is 1. The van der Waals surface area contributed by atoms with Gasteiger partial charge in [-0.2, -0.15) is 0 Å². The van der Waals surface area contributed by atoms with Crippen LogP contribution in [0.1, 0.15) is 28.7 Å². The fourth-order valence-electron chi connectivity index (χ4n) is 2.03. The first-order valence-electron chi connectivity index (χ1n) is 5.47. The van der Waals surface area contributed by atoms with Crippen LogP contribution in [0.5, 0.6) is 0 Å². The molecule has 0 spiro atoms. The summed E-state index contributed by atoms with van der Waals surface area (Å²) in [6, 6.07) is 3.48. The molecule has 1 atom stereocenters. The number of nitrogens with two attached hydrogens (primary N) is 1. The minimum atomic E-state index is -0.928. The topological polar surface area (TPSA) is 63.3 Å². The van der Waals surface area contributed by atoms with Gasteiger partial charge in [0.05, 0.1) is 0 Å². The molecule has 0 amide bonds. The second kappa shape index (κ2) is 5.12. The lowest BCUT2D eigenvalue weighted by molar-refractivity contribution is -0.138. The SMILES string of the molecule is Cc1cc(C)c(CC[C@H](N)C(=O)O)c(C)c1. The number of benzene rings is 1. The van der Waals surface area contributed by atoms with Crippen molar-refractivity contribution in [3.05, 3.63) is 34.4 Å². The Bertz CT molecular complexity index is 376. The van der Waals surface area contributed by atoms with Crippen LogP contribution in [0.25, 0.3) is 0 Å². The second-order valence-electron chi connectivity index (χ2n) is 4.36. The molecule has 0 saturated carbocycles. The number of carboxylic acid groups (broad SMARTS) is 1. The van der Waals surface area contributed by atoms with E-state index in [0.29, 0.717) is 6.42 Å². The van der Waals surface area contributed by atoms with Gasteiger partial charge in [0.2, 0.25) is 0 Å². The highest BCUT2D eigenvalue weighted by molar-refractivity contribution is 5.73. The van der Waals surface area contributed by atoms with Crippen LogP contribution in [0.4, 0.5) is 0 Å². The van der Waals surface area contributed by atoms with E-state index in [2.05, 4.69) is 32.9 Å². The average molecular weight is 221 g/mol. The fourth-order valence-corrected chi connectivity index (χ4v) is 2.03. The van der Waals surface area contributed by atoms with E-state index in [-0.39, 0.29) is 0 Å². The summed E-state index contributed by atoms with van der Waals surface area (Å²) >= 11 is 0. The lowest BCUT2D eigenvalue weighted by Gasteiger charge is -2.12. The van der Waals surface area contributed by atoms with Crippen LogP contribution in [0, 0.1) is 20.8 Å². The van der Waals surface area contributed by atoms with E-state index in [1.807, 2.05) is 0 Å². The summed E-state index contributed by atoms with van der Waals surface area (Å²) in [5.74, 6) is -0.928. The Morgan fingerprint density at radius 1 is 1.31 bits per heavy atom. The summed E-state index contributed by atoms with van der Waals surface area (Å²) in [6.07, 6.45) is 1.21. The van der Waals surface area contributed by atoms with Gasteiger partial charge in [0, 0.05) is 0 Å². The molecule has 0 aliphatic carbocycles. The maximum atomic E-state index is 10.6. The van der Waals surface area contributed by atoms with Gasteiger partial charge >= 0.3 is 5.97 Å². The molecule has 0 fully saturated rings. The zero-order valence-electron chi connectivity index (χ0n) is 10.1. The first-order valence-corrected chi connectivity index (χ1v) is 5.47. The number of hydrogen-bond acceptors (Lipinski definition) is 2. The monoisotopic (exact) mass is 221 g/mol. The van der Waals surface area contributed by atoms with Gasteiger partial charge in [-0.15, -0.1) is 0 Å². The highest BCUT2D eigenvalue weighted by atomic mass is 16.4. The van der Waals surface area contributed by atoms with Gasteiger partial charge in [-0.05, 0) is 50.3 Å². The minimum absolute atomic E-state index is 0.486. The third-order valence-corrected chi connectivity index (χ3v) is 2.86. The Labute approximate surface area is 96.3 Å². The molecule has 88 valence electrons. The molecule has 0 radical (unpaired) electrons. The molecule has 0 unspecified atom stereocenters. The van der Waals surface area contributed by atoms with E-state index in [0.717, 1.165) is 6.42 Å². The molecule has 16 heavy (non-hydrogen) atoms. The van der Waals surface area contributed by atoms with Crippen molar-refractivity contribution >= 4 is 5.97 Å². The van der Waals surface area contributed by atoms with E-state index in [1.165, 1.54) is 22.3 Å². The van der Waals surface area contributed by atoms with Gasteiger partial charge in [-0.1, -0.05) is 17.7 Å². The summed E-state index contributed by atoms with van der Waals surface area (Å²) in [5.41, 5.74) is 10.4. The van der Waals surface area contributed by atoms with Crippen molar-refractivity contribution in [2.24, 2.45) is 5.73 Å². The summed E-state index contributed by atoms with van der Waals surface area (Å²) in [6.45, 7) is 6.18. The maximum Gasteiger partial charge on any atom is 0.320 e. The lowest BCUT2D eigenvalue weighted by atomic mass is 9.95. The standard InChI is InChI=1S/C13H19NO2/c1-8-6-9(2)11(10(3)7-8)4-5-12(14)13(15)16/h6-7,12H,4-5,14H2,1-3H3,(H,15,16)/t12-/m0/s1. The van der Waals surface area contributed by atoms with Crippen molar-refractivity contribution in [1.29, 1.82) is 0 Å². The van der Waals surface area contributed by atoms with Crippen LogP contribution in [-0.2, 0) is 11.2 Å². The lowest BCUT2D eigenvalue weighted by Crippen LogP contribution is -2.30. The van der Waals surface area contributed by atoms with Crippen LogP contribution in [0.15, 0.2) is 12.1 Å². The van der Waals surface area contributed by atoms with Crippen LogP contribution in [-0.4, -0.2) is 17.1 Å². The van der Waals surface area contributed by atoms with E-state index >= 15 is 0 Å². The summed E-state index contributed by atoms with van der Waals surface area (Å²) in [5, 5.41) is 8.72. The number of rotatable bonds is 4. The highest BCUT2D eigenvalue weighted by Gasteiger charge is 2.12. The van der Waals surface area contributed by atoms with E-state index < -0.39 is 12.0 Å². The molecule has 3 heteroatoms. The van der Waals surface area contributed by atoms with E-state index in [9.17, 15) is 4.79 Å². The number of carbonyl (C=O) groups is 1. The van der Waals surface area contributed by atoms with Crippen LogP contribution >= 0.6 is 0 Å². The molecular formula is C13H19NO2. The van der Waals surface area contributed by atoms with Crippen molar-refractivity contribution in [2.45, 2.75) is 39.7 Å². The van der Waals surface area contributed by atoms with Gasteiger partial charge in [-0.25, -0.2) is 0 Å². The average Bonchev–Trinajstić information content (AvgIpc) is 2.15. The second-order valence-corrected chi connectivity index (χ2v) is 4.36. The molecule has 0 saturated heterocycles.